The molecule has 0 saturated carbocycles. The molecule has 1 aliphatic rings. The van der Waals surface area contributed by atoms with Crippen LogP contribution in [0.3, 0.4) is 0 Å². The topological polar surface area (TPSA) is 76.4 Å². The maximum absolute atomic E-state index is 13.6. The average molecular weight is 444 g/mol. The fraction of sp³-hybridized carbons (Fsp3) is 0.160. The van der Waals surface area contributed by atoms with Gasteiger partial charge in [-0.15, -0.1) is 0 Å². The van der Waals surface area contributed by atoms with E-state index in [-0.39, 0.29) is 12.2 Å². The second kappa shape index (κ2) is 8.09. The minimum atomic E-state index is -0.586. The Kier molecular flexibility index (Phi) is 5.11. The third-order valence-corrected chi connectivity index (χ3v) is 6.52. The Morgan fingerprint density at radius 2 is 1.94 bits per heavy atom. The monoisotopic (exact) mass is 443 g/mol. The Bertz CT molecular complexity index is 1540. The molecule has 0 unspecified atom stereocenters. The van der Waals surface area contributed by atoms with E-state index in [4.69, 9.17) is 4.74 Å². The molecule has 1 N–H and O–H groups in total. The van der Waals surface area contributed by atoms with Crippen molar-refractivity contribution in [3.05, 3.63) is 103 Å². The molecule has 0 saturated heterocycles. The summed E-state index contributed by atoms with van der Waals surface area (Å²) in [6, 6.07) is 16.9. The molecule has 160 valence electrons. The van der Waals surface area contributed by atoms with Crippen molar-refractivity contribution in [3.63, 3.8) is 0 Å². The summed E-state index contributed by atoms with van der Waals surface area (Å²) in [5.41, 5.74) is 3.56. The summed E-state index contributed by atoms with van der Waals surface area (Å²) in [4.78, 5) is 34.9. The third kappa shape index (κ3) is 3.31. The van der Waals surface area contributed by atoms with E-state index in [9.17, 15) is 9.59 Å². The van der Waals surface area contributed by atoms with E-state index < -0.39 is 12.0 Å². The smallest absolute Gasteiger partial charge is 0.338 e. The molecule has 0 radical (unpaired) electrons. The van der Waals surface area contributed by atoms with Crippen LogP contribution >= 0.6 is 11.3 Å². The number of aromatic nitrogens is 2. The summed E-state index contributed by atoms with van der Waals surface area (Å²) >= 11 is 1.33. The van der Waals surface area contributed by atoms with Crippen LogP contribution in [0.2, 0.25) is 0 Å². The Balaban J connectivity index is 1.74. The number of fused-ring (bicyclic) bond motifs is 2. The van der Waals surface area contributed by atoms with Gasteiger partial charge in [-0.3, -0.25) is 9.36 Å². The minimum absolute atomic E-state index is 0.179. The number of H-pyrrole nitrogens is 1. The van der Waals surface area contributed by atoms with E-state index in [1.807, 2.05) is 66.9 Å². The zero-order valence-electron chi connectivity index (χ0n) is 17.7. The lowest BCUT2D eigenvalue weighted by atomic mass is 9.96. The van der Waals surface area contributed by atoms with Crippen LogP contribution in [0.5, 0.6) is 0 Å². The molecule has 1 atom stereocenters. The summed E-state index contributed by atoms with van der Waals surface area (Å²) in [7, 11) is 0. The maximum atomic E-state index is 13.6. The van der Waals surface area contributed by atoms with Crippen molar-refractivity contribution < 1.29 is 9.53 Å². The van der Waals surface area contributed by atoms with Crippen molar-refractivity contribution in [1.82, 2.24) is 9.55 Å². The van der Waals surface area contributed by atoms with Crippen LogP contribution in [0.15, 0.2) is 81.9 Å². The molecule has 0 amide bonds. The van der Waals surface area contributed by atoms with Gasteiger partial charge >= 0.3 is 5.97 Å². The molecule has 2 aromatic carbocycles. The SMILES string of the molecule is CCOC(=O)C1=C(C)N=c2sc(=Cc3c[nH]c4ccccc34)c(=O)n2[C@H]1c1ccccc1. The van der Waals surface area contributed by atoms with Gasteiger partial charge in [-0.25, -0.2) is 9.79 Å². The number of hydrogen-bond acceptors (Lipinski definition) is 5. The summed E-state index contributed by atoms with van der Waals surface area (Å²) in [6.45, 7) is 3.81. The molecule has 1 aliphatic heterocycles. The lowest BCUT2D eigenvalue weighted by molar-refractivity contribution is -0.139. The van der Waals surface area contributed by atoms with Crippen molar-refractivity contribution in [2.45, 2.75) is 19.9 Å². The number of nitrogens with one attached hydrogen (secondary N) is 1. The quantitative estimate of drug-likeness (QED) is 0.492. The Hall–Kier alpha value is -3.71. The molecule has 2 aromatic heterocycles. The third-order valence-electron chi connectivity index (χ3n) is 5.54. The molecule has 3 heterocycles. The molecule has 0 spiro atoms. The van der Waals surface area contributed by atoms with Crippen LogP contribution in [0, 0.1) is 0 Å². The molecule has 0 aliphatic carbocycles. The van der Waals surface area contributed by atoms with Gasteiger partial charge in [0.05, 0.1) is 28.5 Å². The van der Waals surface area contributed by atoms with Crippen molar-refractivity contribution in [1.29, 1.82) is 0 Å². The first kappa shape index (κ1) is 20.2. The van der Waals surface area contributed by atoms with Crippen LogP contribution in [-0.4, -0.2) is 22.1 Å². The lowest BCUT2D eigenvalue weighted by Crippen LogP contribution is -2.39. The van der Waals surface area contributed by atoms with Crippen molar-refractivity contribution in [2.75, 3.05) is 6.61 Å². The molecule has 5 rings (SSSR count). The fourth-order valence-electron chi connectivity index (χ4n) is 4.10. The van der Waals surface area contributed by atoms with E-state index >= 15 is 0 Å². The van der Waals surface area contributed by atoms with Crippen LogP contribution in [-0.2, 0) is 9.53 Å². The highest BCUT2D eigenvalue weighted by Gasteiger charge is 2.33. The fourth-order valence-corrected chi connectivity index (χ4v) is 5.13. The number of ether oxygens (including phenoxy) is 1. The average Bonchev–Trinajstić information content (AvgIpc) is 3.34. The summed E-state index contributed by atoms with van der Waals surface area (Å²) in [5, 5.41) is 1.04. The highest BCUT2D eigenvalue weighted by Crippen LogP contribution is 2.30. The lowest BCUT2D eigenvalue weighted by Gasteiger charge is -2.24. The van der Waals surface area contributed by atoms with Gasteiger partial charge in [-0.05, 0) is 31.6 Å². The first-order valence-corrected chi connectivity index (χ1v) is 11.2. The van der Waals surface area contributed by atoms with E-state index in [2.05, 4.69) is 9.98 Å². The Morgan fingerprint density at radius 3 is 2.72 bits per heavy atom. The standard InChI is InChI=1S/C25H21N3O3S/c1-3-31-24(30)21-15(2)27-25-28(22(21)16-9-5-4-6-10-16)23(29)20(32-25)13-17-14-26-19-12-8-7-11-18(17)19/h4-14,22,26H,3H2,1-2H3/t22-/m0/s1. The second-order valence-corrected chi connectivity index (χ2v) is 8.51. The van der Waals surface area contributed by atoms with E-state index in [0.717, 1.165) is 22.0 Å². The van der Waals surface area contributed by atoms with Crippen LogP contribution in [0.4, 0.5) is 0 Å². The Morgan fingerprint density at radius 1 is 1.19 bits per heavy atom. The van der Waals surface area contributed by atoms with Crippen molar-refractivity contribution in [2.24, 2.45) is 4.99 Å². The van der Waals surface area contributed by atoms with E-state index in [0.29, 0.717) is 20.6 Å². The minimum Gasteiger partial charge on any atom is -0.463 e. The maximum Gasteiger partial charge on any atom is 0.338 e. The highest BCUT2D eigenvalue weighted by atomic mass is 32.1. The normalized spacial score (nSPS) is 16.2. The van der Waals surface area contributed by atoms with Crippen LogP contribution in [0.1, 0.15) is 31.0 Å². The molecule has 32 heavy (non-hydrogen) atoms. The predicted molar refractivity (Wildman–Crippen MR) is 125 cm³/mol. The number of carbonyl (C=O) groups excluding carboxylic acids is 1. The number of allylic oxidation sites excluding steroid dienone is 1. The number of benzene rings is 2. The highest BCUT2D eigenvalue weighted by molar-refractivity contribution is 7.07. The molecule has 0 fully saturated rings. The molecule has 7 heteroatoms. The van der Waals surface area contributed by atoms with E-state index in [1.165, 1.54) is 11.3 Å². The first-order valence-electron chi connectivity index (χ1n) is 10.4. The number of nitrogens with zero attached hydrogens (tertiary/aromatic N) is 2. The van der Waals surface area contributed by atoms with Gasteiger partial charge < -0.3 is 9.72 Å². The van der Waals surface area contributed by atoms with Crippen molar-refractivity contribution in [3.8, 4) is 0 Å². The second-order valence-electron chi connectivity index (χ2n) is 7.50. The summed E-state index contributed by atoms with van der Waals surface area (Å²) < 4.78 is 7.49. The number of carbonyl (C=O) groups is 1. The van der Waals surface area contributed by atoms with Crippen LogP contribution < -0.4 is 14.9 Å². The predicted octanol–water partition coefficient (Wildman–Crippen LogP) is 3.28. The van der Waals surface area contributed by atoms with Gasteiger partial charge in [0.2, 0.25) is 0 Å². The van der Waals surface area contributed by atoms with E-state index in [1.54, 1.807) is 18.4 Å². The molecule has 4 aromatic rings. The van der Waals surface area contributed by atoms with Gasteiger partial charge in [0.25, 0.3) is 5.56 Å². The van der Waals surface area contributed by atoms with Crippen LogP contribution in [0.25, 0.3) is 17.0 Å². The number of thiazole rings is 1. The largest absolute Gasteiger partial charge is 0.463 e. The number of para-hydroxylation sites is 1. The number of rotatable bonds is 4. The molecule has 6 nitrogen and oxygen atoms in total. The molecular formula is C25H21N3O3S. The van der Waals surface area contributed by atoms with Gasteiger partial charge in [-0.2, -0.15) is 0 Å². The zero-order valence-corrected chi connectivity index (χ0v) is 18.5. The number of aromatic amines is 1. The molecular weight excluding hydrogens is 422 g/mol. The Labute approximate surface area is 187 Å². The van der Waals surface area contributed by atoms with Gasteiger partial charge in [0.15, 0.2) is 4.80 Å². The molecule has 0 bridgehead atoms. The number of esters is 1. The zero-order chi connectivity index (χ0) is 22.2. The summed E-state index contributed by atoms with van der Waals surface area (Å²) in [6.07, 6.45) is 3.78. The first-order chi connectivity index (χ1) is 15.6. The van der Waals surface area contributed by atoms with Gasteiger partial charge in [0, 0.05) is 22.7 Å². The van der Waals surface area contributed by atoms with Gasteiger partial charge in [-0.1, -0.05) is 59.9 Å². The summed E-state index contributed by atoms with van der Waals surface area (Å²) in [5.74, 6) is -0.450. The van der Waals surface area contributed by atoms with Gasteiger partial charge in [0.1, 0.15) is 0 Å². The number of hydrogen-bond donors (Lipinski definition) is 1. The van der Waals surface area contributed by atoms with Crippen molar-refractivity contribution >= 4 is 34.3 Å².